The van der Waals surface area contributed by atoms with Crippen LogP contribution in [0.4, 0.5) is 0 Å². The number of allylic oxidation sites excluding steroid dienone is 1. The van der Waals surface area contributed by atoms with Gasteiger partial charge in [-0.25, -0.2) is 0 Å². The highest BCUT2D eigenvalue weighted by Gasteiger charge is 2.35. The van der Waals surface area contributed by atoms with Gasteiger partial charge in [0.25, 0.3) is 0 Å². The summed E-state index contributed by atoms with van der Waals surface area (Å²) in [6.45, 7) is 2.24. The van der Waals surface area contributed by atoms with E-state index in [1.165, 1.54) is 45.0 Å². The summed E-state index contributed by atoms with van der Waals surface area (Å²) in [6, 6.07) is 33.6. The molecule has 0 aliphatic heterocycles. The van der Waals surface area contributed by atoms with Crippen molar-refractivity contribution in [3.63, 3.8) is 0 Å². The molecule has 0 fully saturated rings. The molecule has 5 rings (SSSR count). The van der Waals surface area contributed by atoms with Crippen molar-refractivity contribution in [2.75, 3.05) is 0 Å². The molecule has 0 saturated heterocycles. The Bertz CT molecular complexity index is 1170. The van der Waals surface area contributed by atoms with Gasteiger partial charge in [0.2, 0.25) is 0 Å². The Morgan fingerprint density at radius 1 is 0.724 bits per heavy atom. The van der Waals surface area contributed by atoms with Gasteiger partial charge >= 0.3 is 0 Å². The molecule has 1 atom stereocenters. The number of benzene rings is 4. The van der Waals surface area contributed by atoms with Crippen LogP contribution in [0, 0.1) is 0 Å². The fraction of sp³-hybridized carbons (Fsp3) is 0.172. The molecule has 4 aromatic rings. The first kappa shape index (κ1) is 17.9. The molecule has 0 spiro atoms. The summed E-state index contributed by atoms with van der Waals surface area (Å²) in [5.41, 5.74) is 6.83. The van der Waals surface area contributed by atoms with Crippen molar-refractivity contribution in [2.24, 2.45) is 0 Å². The van der Waals surface area contributed by atoms with Crippen LogP contribution in [0.3, 0.4) is 0 Å². The zero-order chi connectivity index (χ0) is 19.7. The van der Waals surface area contributed by atoms with Gasteiger partial charge in [0.05, 0.1) is 0 Å². The molecule has 0 heteroatoms. The Kier molecular flexibility index (Phi) is 4.56. The SMILES string of the molecule is CCCc1ccc(C2(c3ccccc3)C=Cc3c(ccc4ccccc34)C2)cc1. The number of hydrogen-bond acceptors (Lipinski definition) is 0. The molecule has 1 unspecified atom stereocenters. The quantitative estimate of drug-likeness (QED) is 0.350. The Hall–Kier alpha value is -3.12. The minimum absolute atomic E-state index is 0.124. The van der Waals surface area contributed by atoms with Crippen molar-refractivity contribution >= 4 is 16.8 Å². The first-order valence-electron chi connectivity index (χ1n) is 10.6. The van der Waals surface area contributed by atoms with Crippen molar-refractivity contribution in [1.82, 2.24) is 0 Å². The Morgan fingerprint density at radius 2 is 1.45 bits per heavy atom. The van der Waals surface area contributed by atoms with Crippen LogP contribution in [-0.2, 0) is 18.3 Å². The highest BCUT2D eigenvalue weighted by Crippen LogP contribution is 2.43. The maximum atomic E-state index is 2.44. The largest absolute Gasteiger partial charge is 0.0686 e. The zero-order valence-corrected chi connectivity index (χ0v) is 16.9. The van der Waals surface area contributed by atoms with Crippen LogP contribution in [-0.4, -0.2) is 0 Å². The molecule has 4 aromatic carbocycles. The first-order valence-corrected chi connectivity index (χ1v) is 10.6. The number of rotatable bonds is 4. The molecule has 0 heterocycles. The van der Waals surface area contributed by atoms with Crippen molar-refractivity contribution in [1.29, 1.82) is 0 Å². The second-order valence-electron chi connectivity index (χ2n) is 8.15. The third kappa shape index (κ3) is 3.09. The van der Waals surface area contributed by atoms with Crippen molar-refractivity contribution in [2.45, 2.75) is 31.6 Å². The minimum Gasteiger partial charge on any atom is -0.0686 e. The average Bonchev–Trinajstić information content (AvgIpc) is 2.80. The van der Waals surface area contributed by atoms with Crippen LogP contribution < -0.4 is 0 Å². The van der Waals surface area contributed by atoms with Gasteiger partial charge in [0.1, 0.15) is 0 Å². The monoisotopic (exact) mass is 374 g/mol. The van der Waals surface area contributed by atoms with E-state index >= 15 is 0 Å². The summed E-state index contributed by atoms with van der Waals surface area (Å²) in [4.78, 5) is 0. The van der Waals surface area contributed by atoms with Crippen LogP contribution in [0.15, 0.2) is 97.1 Å². The van der Waals surface area contributed by atoms with Gasteiger partial charge in [-0.15, -0.1) is 0 Å². The van der Waals surface area contributed by atoms with Crippen molar-refractivity contribution in [3.05, 3.63) is 125 Å². The van der Waals surface area contributed by atoms with E-state index in [-0.39, 0.29) is 5.41 Å². The third-order valence-electron chi connectivity index (χ3n) is 6.36. The molecule has 1 aliphatic carbocycles. The second-order valence-corrected chi connectivity index (χ2v) is 8.15. The molecular formula is C29H26. The summed E-state index contributed by atoms with van der Waals surface area (Å²) in [5.74, 6) is 0. The van der Waals surface area contributed by atoms with Crippen LogP contribution in [0.2, 0.25) is 0 Å². The number of aryl methyl sites for hydroxylation is 1. The van der Waals surface area contributed by atoms with E-state index in [0.29, 0.717) is 0 Å². The Balaban J connectivity index is 1.67. The number of fused-ring (bicyclic) bond motifs is 3. The summed E-state index contributed by atoms with van der Waals surface area (Å²) >= 11 is 0. The number of hydrogen-bond donors (Lipinski definition) is 0. The summed E-state index contributed by atoms with van der Waals surface area (Å²) in [6.07, 6.45) is 8.10. The summed E-state index contributed by atoms with van der Waals surface area (Å²) in [5, 5.41) is 2.66. The Morgan fingerprint density at radius 3 is 2.24 bits per heavy atom. The van der Waals surface area contributed by atoms with E-state index in [0.717, 1.165) is 12.8 Å². The highest BCUT2D eigenvalue weighted by molar-refractivity contribution is 5.93. The van der Waals surface area contributed by atoms with Crippen LogP contribution in [0.1, 0.15) is 41.2 Å². The maximum absolute atomic E-state index is 2.44. The van der Waals surface area contributed by atoms with Gasteiger partial charge in [-0.3, -0.25) is 0 Å². The molecular weight excluding hydrogens is 348 g/mol. The lowest BCUT2D eigenvalue weighted by atomic mass is 9.67. The third-order valence-corrected chi connectivity index (χ3v) is 6.36. The van der Waals surface area contributed by atoms with Crippen molar-refractivity contribution in [3.8, 4) is 0 Å². The lowest BCUT2D eigenvalue weighted by molar-refractivity contribution is 0.633. The maximum Gasteiger partial charge on any atom is 0.0425 e. The highest BCUT2D eigenvalue weighted by atomic mass is 14.4. The molecule has 142 valence electrons. The van der Waals surface area contributed by atoms with Gasteiger partial charge in [0.15, 0.2) is 0 Å². The van der Waals surface area contributed by atoms with E-state index in [9.17, 15) is 0 Å². The zero-order valence-electron chi connectivity index (χ0n) is 16.9. The molecule has 0 saturated carbocycles. The Labute approximate surface area is 173 Å². The van der Waals surface area contributed by atoms with Crippen LogP contribution in [0.5, 0.6) is 0 Å². The molecule has 1 aliphatic rings. The predicted octanol–water partition coefficient (Wildman–Crippen LogP) is 7.35. The predicted molar refractivity (Wildman–Crippen MR) is 124 cm³/mol. The normalized spacial score (nSPS) is 18.0. The smallest absolute Gasteiger partial charge is 0.0425 e. The average molecular weight is 375 g/mol. The van der Waals surface area contributed by atoms with E-state index in [1.807, 2.05) is 0 Å². The first-order chi connectivity index (χ1) is 14.3. The fourth-order valence-corrected chi connectivity index (χ4v) is 4.83. The van der Waals surface area contributed by atoms with Gasteiger partial charge in [-0.1, -0.05) is 116 Å². The van der Waals surface area contributed by atoms with E-state index in [1.54, 1.807) is 0 Å². The topological polar surface area (TPSA) is 0 Å². The van der Waals surface area contributed by atoms with E-state index in [4.69, 9.17) is 0 Å². The lowest BCUT2D eigenvalue weighted by Crippen LogP contribution is -2.30. The van der Waals surface area contributed by atoms with E-state index < -0.39 is 0 Å². The van der Waals surface area contributed by atoms with Crippen LogP contribution >= 0.6 is 0 Å². The summed E-state index contributed by atoms with van der Waals surface area (Å²) < 4.78 is 0. The van der Waals surface area contributed by atoms with E-state index in [2.05, 4.69) is 110 Å². The fourth-order valence-electron chi connectivity index (χ4n) is 4.83. The van der Waals surface area contributed by atoms with Crippen molar-refractivity contribution < 1.29 is 0 Å². The molecule has 0 N–H and O–H groups in total. The van der Waals surface area contributed by atoms with Gasteiger partial charge < -0.3 is 0 Å². The molecule has 0 bridgehead atoms. The van der Waals surface area contributed by atoms with Gasteiger partial charge in [-0.2, -0.15) is 0 Å². The lowest BCUT2D eigenvalue weighted by Gasteiger charge is -2.36. The standard InChI is InChI=1S/C29H26/c1-2-8-22-13-17-26(18-14-22)29(25-10-4-3-5-11-25)20-19-28-24(21-29)16-15-23-9-6-7-12-27(23)28/h3-7,9-20H,2,8,21H2,1H3. The second kappa shape index (κ2) is 7.37. The summed E-state index contributed by atoms with van der Waals surface area (Å²) in [7, 11) is 0. The molecule has 0 radical (unpaired) electrons. The van der Waals surface area contributed by atoms with Gasteiger partial charge in [0, 0.05) is 5.41 Å². The molecule has 0 nitrogen and oxygen atoms in total. The molecule has 0 aromatic heterocycles. The van der Waals surface area contributed by atoms with Crippen LogP contribution in [0.25, 0.3) is 16.8 Å². The minimum atomic E-state index is -0.124. The van der Waals surface area contributed by atoms with Gasteiger partial charge in [-0.05, 0) is 51.4 Å². The molecule has 29 heavy (non-hydrogen) atoms. The molecule has 0 amide bonds.